The van der Waals surface area contributed by atoms with E-state index in [9.17, 15) is 14.7 Å². The van der Waals surface area contributed by atoms with Gasteiger partial charge >= 0.3 is 12.0 Å². The normalized spacial score (nSPS) is 24.0. The van der Waals surface area contributed by atoms with Gasteiger partial charge in [-0.3, -0.25) is 4.79 Å². The Morgan fingerprint density at radius 1 is 1.00 bits per heavy atom. The topological polar surface area (TPSA) is 109 Å². The Morgan fingerprint density at radius 2 is 1.73 bits per heavy atom. The minimum Gasteiger partial charge on any atom is -0.465 e. The number of esters is 1. The molecule has 0 saturated carbocycles. The highest BCUT2D eigenvalue weighted by atomic mass is 16.7. The molecule has 2 fully saturated rings. The summed E-state index contributed by atoms with van der Waals surface area (Å²) < 4.78 is 18.1. The molecule has 218 valence electrons. The van der Waals surface area contributed by atoms with Gasteiger partial charge in [-0.2, -0.15) is 0 Å². The van der Waals surface area contributed by atoms with Crippen LogP contribution in [0.15, 0.2) is 48.5 Å². The lowest BCUT2D eigenvalue weighted by molar-refractivity contribution is -0.276. The smallest absolute Gasteiger partial charge is 0.325 e. The second-order valence-electron chi connectivity index (χ2n) is 10.6. The molecule has 9 heteroatoms. The third-order valence-electron chi connectivity index (χ3n) is 7.63. The second-order valence-corrected chi connectivity index (χ2v) is 10.6. The molecular weight excluding hydrogens is 510 g/mol. The van der Waals surface area contributed by atoms with E-state index in [0.29, 0.717) is 5.69 Å². The van der Waals surface area contributed by atoms with E-state index in [2.05, 4.69) is 22.5 Å². The molecule has 0 bridgehead atoms. The molecule has 2 saturated heterocycles. The summed E-state index contributed by atoms with van der Waals surface area (Å²) in [6.07, 6.45) is 5.41. The number of nitrogens with one attached hydrogen (secondary N) is 2. The summed E-state index contributed by atoms with van der Waals surface area (Å²) in [6.45, 7) is 6.94. The van der Waals surface area contributed by atoms with Crippen LogP contribution in [0.4, 0.5) is 10.5 Å². The summed E-state index contributed by atoms with van der Waals surface area (Å²) in [4.78, 5) is 26.4. The van der Waals surface area contributed by atoms with Gasteiger partial charge in [0.2, 0.25) is 0 Å². The summed E-state index contributed by atoms with van der Waals surface area (Å²) in [5.74, 6) is -0.384. The van der Waals surface area contributed by atoms with Crippen molar-refractivity contribution in [2.24, 2.45) is 5.92 Å². The number of carbonyl (C=O) groups is 2. The Morgan fingerprint density at radius 3 is 2.42 bits per heavy atom. The number of aliphatic hydroxyl groups is 1. The Balaban J connectivity index is 1.51. The molecular formula is C31H43N3O6. The van der Waals surface area contributed by atoms with Crippen LogP contribution in [-0.4, -0.2) is 60.9 Å². The van der Waals surface area contributed by atoms with Crippen LogP contribution >= 0.6 is 0 Å². The summed E-state index contributed by atoms with van der Waals surface area (Å²) in [6, 6.07) is 14.8. The molecule has 2 aromatic rings. The van der Waals surface area contributed by atoms with Crippen molar-refractivity contribution in [1.82, 2.24) is 10.2 Å². The van der Waals surface area contributed by atoms with Crippen LogP contribution in [0.5, 0.6) is 0 Å². The van der Waals surface area contributed by atoms with E-state index in [1.165, 1.54) is 32.1 Å². The van der Waals surface area contributed by atoms with Gasteiger partial charge in [0.15, 0.2) is 6.29 Å². The van der Waals surface area contributed by atoms with Crippen molar-refractivity contribution in [2.45, 2.75) is 71.1 Å². The van der Waals surface area contributed by atoms with E-state index in [-0.39, 0.29) is 37.9 Å². The number of hydrogen-bond acceptors (Lipinski definition) is 7. The van der Waals surface area contributed by atoms with Crippen LogP contribution in [0.25, 0.3) is 0 Å². The lowest BCUT2D eigenvalue weighted by Gasteiger charge is -2.43. The first-order chi connectivity index (χ1) is 19.5. The number of carbonyl (C=O) groups excluding carboxylic acids is 2. The van der Waals surface area contributed by atoms with Crippen molar-refractivity contribution in [3.05, 3.63) is 65.2 Å². The molecule has 0 spiro atoms. The molecule has 0 aliphatic carbocycles. The number of anilines is 1. The maximum Gasteiger partial charge on any atom is 0.325 e. The van der Waals surface area contributed by atoms with Crippen LogP contribution in [0.1, 0.15) is 75.0 Å². The van der Waals surface area contributed by atoms with Crippen molar-refractivity contribution in [3.8, 4) is 0 Å². The standard InChI is InChI=1S/C31H43N3O6/c1-3-38-28(36)19-32-31(37)33-26-11-9-10-25(18-26)30-39-27(20-34-16-7-5-4-6-8-17-34)22(2)29(40-30)24-14-12-23(21-35)13-15-24/h9-15,18,22,27,29-30,35H,3-8,16-17,19-21H2,1-2H3,(H2,32,33,37)/t22-,27+,29+,30+/m0/s1. The number of aliphatic hydroxyl groups excluding tert-OH is 1. The second kappa shape index (κ2) is 15.1. The summed E-state index contributed by atoms with van der Waals surface area (Å²) >= 11 is 0. The number of nitrogens with zero attached hydrogens (tertiary/aromatic N) is 1. The van der Waals surface area contributed by atoms with Gasteiger partial charge in [0.1, 0.15) is 6.54 Å². The zero-order chi connectivity index (χ0) is 28.3. The first kappa shape index (κ1) is 30.0. The third-order valence-corrected chi connectivity index (χ3v) is 7.63. The summed E-state index contributed by atoms with van der Waals surface area (Å²) in [7, 11) is 0. The van der Waals surface area contributed by atoms with Gasteiger partial charge in [-0.1, -0.05) is 62.6 Å². The molecule has 2 aliphatic rings. The first-order valence-corrected chi connectivity index (χ1v) is 14.5. The molecule has 2 amide bonds. The van der Waals surface area contributed by atoms with Gasteiger partial charge in [0, 0.05) is 23.7 Å². The highest BCUT2D eigenvalue weighted by Crippen LogP contribution is 2.42. The molecule has 4 atom stereocenters. The number of ether oxygens (including phenoxy) is 3. The molecule has 0 radical (unpaired) electrons. The fraction of sp³-hybridized carbons (Fsp3) is 0.548. The fourth-order valence-electron chi connectivity index (χ4n) is 5.38. The molecule has 0 unspecified atom stereocenters. The Kier molecular flexibility index (Phi) is 11.3. The predicted molar refractivity (Wildman–Crippen MR) is 153 cm³/mol. The van der Waals surface area contributed by atoms with Crippen LogP contribution in [-0.2, 0) is 25.6 Å². The number of rotatable bonds is 9. The third kappa shape index (κ3) is 8.51. The minimum atomic E-state index is -0.622. The maximum absolute atomic E-state index is 12.4. The molecule has 40 heavy (non-hydrogen) atoms. The Bertz CT molecular complexity index is 1090. The number of urea groups is 1. The molecule has 2 heterocycles. The number of hydrogen-bond donors (Lipinski definition) is 3. The molecule has 2 aromatic carbocycles. The molecule has 9 nitrogen and oxygen atoms in total. The zero-order valence-corrected chi connectivity index (χ0v) is 23.6. The Labute approximate surface area is 237 Å². The van der Waals surface area contributed by atoms with E-state index in [0.717, 1.165) is 36.3 Å². The largest absolute Gasteiger partial charge is 0.465 e. The minimum absolute atomic E-state index is 0.00215. The van der Waals surface area contributed by atoms with Crippen LogP contribution in [0, 0.1) is 5.92 Å². The van der Waals surface area contributed by atoms with Crippen LogP contribution < -0.4 is 10.6 Å². The quantitative estimate of drug-likeness (QED) is 0.378. The van der Waals surface area contributed by atoms with Crippen molar-refractivity contribution < 1.29 is 28.9 Å². The van der Waals surface area contributed by atoms with Gasteiger partial charge in [-0.15, -0.1) is 0 Å². The van der Waals surface area contributed by atoms with Crippen molar-refractivity contribution >= 4 is 17.7 Å². The lowest BCUT2D eigenvalue weighted by Crippen LogP contribution is -2.45. The summed E-state index contributed by atoms with van der Waals surface area (Å²) in [5, 5.41) is 14.8. The highest BCUT2D eigenvalue weighted by Gasteiger charge is 2.39. The van der Waals surface area contributed by atoms with E-state index in [4.69, 9.17) is 14.2 Å². The van der Waals surface area contributed by atoms with E-state index in [1.54, 1.807) is 13.0 Å². The first-order valence-electron chi connectivity index (χ1n) is 14.5. The molecule has 2 aliphatic heterocycles. The van der Waals surface area contributed by atoms with Gasteiger partial charge in [0.25, 0.3) is 0 Å². The fourth-order valence-corrected chi connectivity index (χ4v) is 5.38. The molecule has 4 rings (SSSR count). The average molecular weight is 554 g/mol. The SMILES string of the molecule is CCOC(=O)CNC(=O)Nc1cccc([C@@H]2O[C@H](CN3CCCCCCC3)[C@H](C)[C@H](c3ccc(CO)cc3)O2)c1. The average Bonchev–Trinajstić information content (AvgIpc) is 2.94. The monoisotopic (exact) mass is 553 g/mol. The van der Waals surface area contributed by atoms with Gasteiger partial charge in [0.05, 0.1) is 25.4 Å². The predicted octanol–water partition coefficient (Wildman–Crippen LogP) is 4.92. The highest BCUT2D eigenvalue weighted by molar-refractivity contribution is 5.91. The number of amides is 2. The molecule has 0 aromatic heterocycles. The number of benzene rings is 2. The van der Waals surface area contributed by atoms with E-state index in [1.807, 2.05) is 42.5 Å². The van der Waals surface area contributed by atoms with Crippen molar-refractivity contribution in [3.63, 3.8) is 0 Å². The molecule has 3 N–H and O–H groups in total. The number of likely N-dealkylation sites (tertiary alicyclic amines) is 1. The van der Waals surface area contributed by atoms with Crippen molar-refractivity contribution in [2.75, 3.05) is 38.1 Å². The van der Waals surface area contributed by atoms with E-state index < -0.39 is 18.3 Å². The van der Waals surface area contributed by atoms with Crippen molar-refractivity contribution in [1.29, 1.82) is 0 Å². The van der Waals surface area contributed by atoms with Gasteiger partial charge in [-0.05, 0) is 56.1 Å². The van der Waals surface area contributed by atoms with Crippen LogP contribution in [0.2, 0.25) is 0 Å². The maximum atomic E-state index is 12.4. The zero-order valence-electron chi connectivity index (χ0n) is 23.6. The van der Waals surface area contributed by atoms with Crippen LogP contribution in [0.3, 0.4) is 0 Å². The van der Waals surface area contributed by atoms with Gasteiger partial charge in [-0.25, -0.2) is 4.79 Å². The van der Waals surface area contributed by atoms with E-state index >= 15 is 0 Å². The lowest BCUT2D eigenvalue weighted by atomic mass is 9.89. The Hall–Kier alpha value is -2.98. The van der Waals surface area contributed by atoms with Gasteiger partial charge < -0.3 is 34.9 Å². The summed E-state index contributed by atoms with van der Waals surface area (Å²) in [5.41, 5.74) is 3.26.